The summed E-state index contributed by atoms with van der Waals surface area (Å²) in [6.45, 7) is 4.55. The molecule has 208 valence electrons. The van der Waals surface area contributed by atoms with Crippen LogP contribution in [0.15, 0.2) is 61.2 Å². The first-order valence-electron chi connectivity index (χ1n) is 13.2. The zero-order chi connectivity index (χ0) is 27.7. The molecular weight excluding hydrogens is 523 g/mol. The summed E-state index contributed by atoms with van der Waals surface area (Å²) in [5.41, 5.74) is 1.59. The predicted molar refractivity (Wildman–Crippen MR) is 144 cm³/mol. The third-order valence-electron chi connectivity index (χ3n) is 7.37. The van der Waals surface area contributed by atoms with E-state index in [4.69, 9.17) is 4.74 Å². The number of ether oxygens (including phenoxy) is 1. The van der Waals surface area contributed by atoms with Crippen molar-refractivity contribution in [2.45, 2.75) is 12.7 Å². The lowest BCUT2D eigenvalue weighted by Crippen LogP contribution is -2.49. The first-order chi connectivity index (χ1) is 19.4. The lowest BCUT2D eigenvalue weighted by Gasteiger charge is -2.37. The van der Waals surface area contributed by atoms with E-state index in [0.717, 1.165) is 23.2 Å². The molecule has 0 spiro atoms. The van der Waals surface area contributed by atoms with Gasteiger partial charge in [0.25, 0.3) is 0 Å². The van der Waals surface area contributed by atoms with Crippen molar-refractivity contribution < 1.29 is 22.7 Å². The molecule has 2 aliphatic rings. The second-order valence-corrected chi connectivity index (χ2v) is 9.83. The number of hydrogen-bond acceptors (Lipinski definition) is 7. The van der Waals surface area contributed by atoms with E-state index in [1.807, 2.05) is 38.8 Å². The molecule has 1 amide bonds. The van der Waals surface area contributed by atoms with E-state index < -0.39 is 11.7 Å². The summed E-state index contributed by atoms with van der Waals surface area (Å²) >= 11 is 0. The number of alkyl halides is 3. The number of carbonyl (C=O) groups is 1. The van der Waals surface area contributed by atoms with Crippen molar-refractivity contribution in [1.29, 1.82) is 0 Å². The molecule has 2 fully saturated rings. The Morgan fingerprint density at radius 2 is 1.65 bits per heavy atom. The fourth-order valence-corrected chi connectivity index (χ4v) is 5.20. The fourth-order valence-electron chi connectivity index (χ4n) is 5.20. The molecular formula is C28H28F3N7O2. The van der Waals surface area contributed by atoms with Crippen LogP contribution < -0.4 is 9.80 Å². The number of aromatic nitrogens is 4. The van der Waals surface area contributed by atoms with Gasteiger partial charge in [-0.25, -0.2) is 15.0 Å². The van der Waals surface area contributed by atoms with Crippen molar-refractivity contribution >= 4 is 28.6 Å². The van der Waals surface area contributed by atoms with Crippen molar-refractivity contribution in [1.82, 2.24) is 24.4 Å². The minimum atomic E-state index is -4.48. The summed E-state index contributed by atoms with van der Waals surface area (Å²) < 4.78 is 48.1. The molecule has 0 saturated carbocycles. The first-order valence-corrected chi connectivity index (χ1v) is 13.2. The standard InChI is InChI=1S/C28H28F3N7O2/c29-28(30,31)22-3-4-24(23(16-22)21-17-33-27(34-18-21)37-12-14-40-15-13-37)35-8-10-36(11-9-35)25(39)19-38-7-5-20-2-1-6-32-26(20)38/h1-7,16-18H,8-15,19H2. The van der Waals surface area contributed by atoms with E-state index in [1.54, 1.807) is 23.5 Å². The van der Waals surface area contributed by atoms with Gasteiger partial charge in [-0.05, 0) is 36.4 Å². The monoisotopic (exact) mass is 551 g/mol. The van der Waals surface area contributed by atoms with Crippen molar-refractivity contribution in [2.24, 2.45) is 0 Å². The molecule has 2 aliphatic heterocycles. The number of benzene rings is 1. The van der Waals surface area contributed by atoms with Gasteiger partial charge >= 0.3 is 6.18 Å². The minimum Gasteiger partial charge on any atom is -0.378 e. The van der Waals surface area contributed by atoms with Crippen LogP contribution in [-0.4, -0.2) is 82.8 Å². The summed E-state index contributed by atoms with van der Waals surface area (Å²) in [5, 5.41) is 0.969. The molecule has 0 unspecified atom stereocenters. The molecule has 3 aromatic heterocycles. The molecule has 0 radical (unpaired) electrons. The summed E-state index contributed by atoms with van der Waals surface area (Å²) in [5.74, 6) is 0.501. The molecule has 4 aromatic rings. The molecule has 2 saturated heterocycles. The fraction of sp³-hybridized carbons (Fsp3) is 0.357. The van der Waals surface area contributed by atoms with Crippen LogP contribution in [0.2, 0.25) is 0 Å². The van der Waals surface area contributed by atoms with Crippen LogP contribution in [0.4, 0.5) is 24.8 Å². The lowest BCUT2D eigenvalue weighted by molar-refractivity contribution is -0.137. The highest BCUT2D eigenvalue weighted by Crippen LogP contribution is 2.38. The number of pyridine rings is 1. The third kappa shape index (κ3) is 5.31. The number of nitrogens with zero attached hydrogens (tertiary/aromatic N) is 7. The maximum absolute atomic E-state index is 13.6. The Hall–Kier alpha value is -4.19. The smallest absolute Gasteiger partial charge is 0.378 e. The summed E-state index contributed by atoms with van der Waals surface area (Å²) in [6.07, 6.45) is 2.22. The van der Waals surface area contributed by atoms with Gasteiger partial charge in [-0.3, -0.25) is 4.79 Å². The zero-order valence-electron chi connectivity index (χ0n) is 21.7. The lowest BCUT2D eigenvalue weighted by atomic mass is 10.0. The Morgan fingerprint density at radius 1 is 0.900 bits per heavy atom. The molecule has 0 bridgehead atoms. The SMILES string of the molecule is O=C(Cn1ccc2cccnc21)N1CCN(c2ccc(C(F)(F)F)cc2-c2cnc(N3CCOCC3)nc2)CC1. The number of rotatable bonds is 5. The minimum absolute atomic E-state index is 0.0254. The van der Waals surface area contributed by atoms with Crippen LogP contribution >= 0.6 is 0 Å². The second-order valence-electron chi connectivity index (χ2n) is 9.83. The van der Waals surface area contributed by atoms with Crippen LogP contribution in [0, 0.1) is 0 Å². The number of halogens is 3. The van der Waals surface area contributed by atoms with E-state index in [-0.39, 0.29) is 12.5 Å². The molecule has 1 aromatic carbocycles. The Bertz CT molecular complexity index is 1490. The highest BCUT2D eigenvalue weighted by atomic mass is 19.4. The van der Waals surface area contributed by atoms with Crippen molar-refractivity contribution in [3.8, 4) is 11.1 Å². The molecule has 9 nitrogen and oxygen atoms in total. The Morgan fingerprint density at radius 3 is 2.38 bits per heavy atom. The number of hydrogen-bond donors (Lipinski definition) is 0. The van der Waals surface area contributed by atoms with Crippen LogP contribution in [0.1, 0.15) is 5.56 Å². The van der Waals surface area contributed by atoms with Crippen molar-refractivity contribution in [3.05, 3.63) is 66.7 Å². The molecule has 0 atom stereocenters. The molecule has 5 heterocycles. The first kappa shape index (κ1) is 26.1. The highest BCUT2D eigenvalue weighted by Gasteiger charge is 2.32. The number of carbonyl (C=O) groups excluding carboxylic acids is 1. The van der Waals surface area contributed by atoms with Gasteiger partial charge < -0.3 is 24.0 Å². The Balaban J connectivity index is 1.19. The van der Waals surface area contributed by atoms with Crippen LogP contribution in [-0.2, 0) is 22.3 Å². The molecule has 6 rings (SSSR count). The van der Waals surface area contributed by atoms with E-state index in [1.165, 1.54) is 6.07 Å². The van der Waals surface area contributed by atoms with E-state index in [2.05, 4.69) is 15.0 Å². The van der Waals surface area contributed by atoms with Gasteiger partial charge in [0.1, 0.15) is 12.2 Å². The summed E-state index contributed by atoms with van der Waals surface area (Å²) in [7, 11) is 0. The van der Waals surface area contributed by atoms with Gasteiger partial charge in [-0.2, -0.15) is 13.2 Å². The molecule has 0 N–H and O–H groups in total. The van der Waals surface area contributed by atoms with Gasteiger partial charge in [0.05, 0.1) is 18.8 Å². The topological polar surface area (TPSA) is 79.6 Å². The maximum Gasteiger partial charge on any atom is 0.416 e. The Labute approximate surface area is 228 Å². The predicted octanol–water partition coefficient (Wildman–Crippen LogP) is 3.70. The van der Waals surface area contributed by atoms with Crippen LogP contribution in [0.25, 0.3) is 22.2 Å². The second kappa shape index (κ2) is 10.8. The molecule has 0 aliphatic carbocycles. The largest absolute Gasteiger partial charge is 0.416 e. The van der Waals surface area contributed by atoms with Gasteiger partial charge in [0, 0.05) is 86.3 Å². The van der Waals surface area contributed by atoms with Gasteiger partial charge in [-0.1, -0.05) is 0 Å². The summed E-state index contributed by atoms with van der Waals surface area (Å²) in [6, 6.07) is 9.49. The molecule has 40 heavy (non-hydrogen) atoms. The van der Waals surface area contributed by atoms with E-state index in [0.29, 0.717) is 75.2 Å². The average Bonchev–Trinajstić information content (AvgIpc) is 3.39. The van der Waals surface area contributed by atoms with Crippen LogP contribution in [0.5, 0.6) is 0 Å². The number of amides is 1. The number of piperazine rings is 1. The van der Waals surface area contributed by atoms with Gasteiger partial charge in [0.15, 0.2) is 0 Å². The quantitative estimate of drug-likeness (QED) is 0.374. The average molecular weight is 552 g/mol. The van der Waals surface area contributed by atoms with E-state index in [9.17, 15) is 18.0 Å². The number of morpholine rings is 1. The van der Waals surface area contributed by atoms with Gasteiger partial charge in [0.2, 0.25) is 11.9 Å². The zero-order valence-corrected chi connectivity index (χ0v) is 21.7. The Kier molecular flexibility index (Phi) is 7.01. The van der Waals surface area contributed by atoms with Crippen molar-refractivity contribution in [3.63, 3.8) is 0 Å². The molecule has 12 heteroatoms. The highest BCUT2D eigenvalue weighted by molar-refractivity contribution is 5.82. The van der Waals surface area contributed by atoms with Gasteiger partial charge in [-0.15, -0.1) is 0 Å². The van der Waals surface area contributed by atoms with Crippen LogP contribution in [0.3, 0.4) is 0 Å². The normalized spacial score (nSPS) is 16.5. The third-order valence-corrected chi connectivity index (χ3v) is 7.37. The van der Waals surface area contributed by atoms with E-state index >= 15 is 0 Å². The number of fused-ring (bicyclic) bond motifs is 1. The maximum atomic E-state index is 13.6. The number of anilines is 2. The summed E-state index contributed by atoms with van der Waals surface area (Å²) in [4.78, 5) is 32.1. The van der Waals surface area contributed by atoms with Crippen molar-refractivity contribution in [2.75, 3.05) is 62.3 Å².